The molecule has 3 heteroatoms. The minimum Gasteiger partial charge on any atom is -0.342 e. The van der Waals surface area contributed by atoms with Gasteiger partial charge in [0, 0.05) is 19.6 Å². The van der Waals surface area contributed by atoms with Gasteiger partial charge < -0.3 is 10.2 Å². The number of nitrogens with one attached hydrogen (secondary N) is 1. The molecule has 1 aromatic carbocycles. The molecule has 1 N–H and O–H groups in total. The molecule has 0 fully saturated rings. The Morgan fingerprint density at radius 2 is 1.57 bits per heavy atom. The van der Waals surface area contributed by atoms with E-state index in [9.17, 15) is 4.79 Å². The Kier molecular flexibility index (Phi) is 7.44. The van der Waals surface area contributed by atoms with E-state index in [1.807, 2.05) is 25.7 Å². The molecule has 1 aromatic rings. The van der Waals surface area contributed by atoms with Crippen LogP contribution in [0.15, 0.2) is 24.3 Å². The van der Waals surface area contributed by atoms with E-state index >= 15 is 0 Å². The molecule has 3 nitrogen and oxygen atoms in total. The summed E-state index contributed by atoms with van der Waals surface area (Å²) >= 11 is 0. The van der Waals surface area contributed by atoms with Crippen molar-refractivity contribution in [2.75, 3.05) is 13.1 Å². The zero-order valence-electron chi connectivity index (χ0n) is 14.1. The van der Waals surface area contributed by atoms with Crippen LogP contribution in [0.25, 0.3) is 0 Å². The first-order chi connectivity index (χ1) is 9.97. The van der Waals surface area contributed by atoms with Crippen molar-refractivity contribution >= 4 is 5.91 Å². The van der Waals surface area contributed by atoms with Crippen molar-refractivity contribution in [2.24, 2.45) is 5.92 Å². The fourth-order valence-corrected chi connectivity index (χ4v) is 2.43. The van der Waals surface area contributed by atoms with E-state index in [0.29, 0.717) is 5.92 Å². The number of rotatable bonds is 8. The molecule has 0 aromatic heterocycles. The Morgan fingerprint density at radius 1 is 1.05 bits per heavy atom. The molecule has 1 amide bonds. The van der Waals surface area contributed by atoms with E-state index in [4.69, 9.17) is 0 Å². The highest BCUT2D eigenvalue weighted by Crippen LogP contribution is 2.10. The van der Waals surface area contributed by atoms with Crippen LogP contribution < -0.4 is 5.32 Å². The summed E-state index contributed by atoms with van der Waals surface area (Å²) in [4.78, 5) is 14.0. The lowest BCUT2D eigenvalue weighted by atomic mass is 10.0. The fourth-order valence-electron chi connectivity index (χ4n) is 2.43. The van der Waals surface area contributed by atoms with Gasteiger partial charge in [-0.05, 0) is 44.2 Å². The van der Waals surface area contributed by atoms with Crippen LogP contribution in [0.2, 0.25) is 0 Å². The van der Waals surface area contributed by atoms with E-state index in [1.54, 1.807) is 0 Å². The van der Waals surface area contributed by atoms with Crippen LogP contribution >= 0.6 is 0 Å². The molecule has 21 heavy (non-hydrogen) atoms. The van der Waals surface area contributed by atoms with Gasteiger partial charge in [0.2, 0.25) is 5.91 Å². The second-order valence-electron chi connectivity index (χ2n) is 6.03. The third-order valence-electron chi connectivity index (χ3n) is 3.72. The van der Waals surface area contributed by atoms with Crippen LogP contribution in [0.4, 0.5) is 0 Å². The summed E-state index contributed by atoms with van der Waals surface area (Å²) in [6, 6.07) is 8.54. The fraction of sp³-hybridized carbons (Fsp3) is 0.611. The maximum atomic E-state index is 12.2. The predicted octanol–water partition coefficient (Wildman–Crippen LogP) is 3.23. The number of hydrogen-bond donors (Lipinski definition) is 1. The Hall–Kier alpha value is -1.35. The number of amides is 1. The van der Waals surface area contributed by atoms with E-state index in [0.717, 1.165) is 26.1 Å². The highest BCUT2D eigenvalue weighted by Gasteiger charge is 2.17. The zero-order valence-corrected chi connectivity index (χ0v) is 14.1. The molecule has 1 rings (SSSR count). The first-order valence-electron chi connectivity index (χ1n) is 8.07. The van der Waals surface area contributed by atoms with Gasteiger partial charge in [-0.3, -0.25) is 4.79 Å². The van der Waals surface area contributed by atoms with Gasteiger partial charge in [-0.25, -0.2) is 0 Å². The topological polar surface area (TPSA) is 32.3 Å². The molecular formula is C18H30N2O. The van der Waals surface area contributed by atoms with Gasteiger partial charge in [-0.2, -0.15) is 0 Å². The number of nitrogens with zero attached hydrogens (tertiary/aromatic N) is 1. The molecule has 0 aliphatic carbocycles. The molecule has 0 bridgehead atoms. The van der Waals surface area contributed by atoms with Crippen molar-refractivity contribution in [1.82, 2.24) is 10.2 Å². The molecule has 1 atom stereocenters. The Morgan fingerprint density at radius 3 is 2.05 bits per heavy atom. The average molecular weight is 290 g/mol. The van der Waals surface area contributed by atoms with Gasteiger partial charge in [0.05, 0.1) is 6.04 Å². The lowest BCUT2D eigenvalue weighted by Crippen LogP contribution is -2.44. The second-order valence-corrected chi connectivity index (χ2v) is 6.03. The van der Waals surface area contributed by atoms with E-state index in [1.165, 1.54) is 11.1 Å². The molecule has 0 saturated carbocycles. The Labute approximate surface area is 129 Å². The molecule has 0 spiro atoms. The number of carbonyl (C=O) groups excluding carboxylic acids is 1. The van der Waals surface area contributed by atoms with E-state index < -0.39 is 0 Å². The van der Waals surface area contributed by atoms with Crippen LogP contribution in [0.5, 0.6) is 0 Å². The average Bonchev–Trinajstić information content (AvgIpc) is 2.46. The van der Waals surface area contributed by atoms with Crippen molar-refractivity contribution in [3.05, 3.63) is 35.4 Å². The highest BCUT2D eigenvalue weighted by molar-refractivity contribution is 5.81. The first kappa shape index (κ1) is 17.7. The highest BCUT2D eigenvalue weighted by atomic mass is 16.2. The Balaban J connectivity index is 2.49. The summed E-state index contributed by atoms with van der Waals surface area (Å²) in [5, 5.41) is 3.32. The molecule has 118 valence electrons. The van der Waals surface area contributed by atoms with Crippen molar-refractivity contribution in [2.45, 2.75) is 53.6 Å². The van der Waals surface area contributed by atoms with Gasteiger partial charge in [-0.15, -0.1) is 0 Å². The normalized spacial score (nSPS) is 12.5. The quantitative estimate of drug-likeness (QED) is 0.797. The summed E-state index contributed by atoms with van der Waals surface area (Å²) in [7, 11) is 0. The van der Waals surface area contributed by atoms with Crippen LogP contribution in [0.1, 0.15) is 45.7 Å². The summed E-state index contributed by atoms with van der Waals surface area (Å²) in [5.41, 5.74) is 2.60. The number of likely N-dealkylation sites (N-methyl/N-ethyl adjacent to an activating group) is 1. The summed E-state index contributed by atoms with van der Waals surface area (Å²) in [6.07, 6.45) is 1.12. The van der Waals surface area contributed by atoms with Gasteiger partial charge in [-0.1, -0.05) is 38.1 Å². The maximum absolute atomic E-state index is 12.2. The molecular weight excluding hydrogens is 260 g/mol. The number of carbonyl (C=O) groups is 1. The van der Waals surface area contributed by atoms with E-state index in [2.05, 4.69) is 43.4 Å². The monoisotopic (exact) mass is 290 g/mol. The first-order valence-corrected chi connectivity index (χ1v) is 8.07. The molecule has 0 aliphatic rings. The smallest absolute Gasteiger partial charge is 0.239 e. The Bertz CT molecular complexity index is 421. The number of hydrogen-bond acceptors (Lipinski definition) is 2. The number of benzene rings is 1. The van der Waals surface area contributed by atoms with Crippen molar-refractivity contribution in [1.29, 1.82) is 0 Å². The molecule has 1 unspecified atom stereocenters. The molecule has 0 saturated heterocycles. The van der Waals surface area contributed by atoms with Gasteiger partial charge in [0.15, 0.2) is 0 Å². The molecule has 0 radical (unpaired) electrons. The maximum Gasteiger partial charge on any atom is 0.239 e. The van der Waals surface area contributed by atoms with Crippen molar-refractivity contribution in [3.8, 4) is 0 Å². The third kappa shape index (κ3) is 5.88. The minimum atomic E-state index is -0.139. The summed E-state index contributed by atoms with van der Waals surface area (Å²) in [6.45, 7) is 12.7. The predicted molar refractivity (Wildman–Crippen MR) is 89.2 cm³/mol. The summed E-state index contributed by atoms with van der Waals surface area (Å²) < 4.78 is 0. The molecule has 0 aliphatic heterocycles. The van der Waals surface area contributed by atoms with E-state index in [-0.39, 0.29) is 11.9 Å². The summed E-state index contributed by atoms with van der Waals surface area (Å²) in [5.74, 6) is 0.858. The van der Waals surface area contributed by atoms with Crippen LogP contribution in [-0.2, 0) is 17.8 Å². The molecule has 0 heterocycles. The van der Waals surface area contributed by atoms with Crippen LogP contribution in [0.3, 0.4) is 0 Å². The lowest BCUT2D eigenvalue weighted by molar-refractivity contribution is -0.132. The third-order valence-corrected chi connectivity index (χ3v) is 3.72. The minimum absolute atomic E-state index is 0.139. The van der Waals surface area contributed by atoms with Gasteiger partial charge in [0.25, 0.3) is 0 Å². The lowest BCUT2D eigenvalue weighted by Gasteiger charge is -2.23. The zero-order chi connectivity index (χ0) is 15.8. The van der Waals surface area contributed by atoms with Crippen LogP contribution in [0, 0.1) is 5.92 Å². The standard InChI is InChI=1S/C18H30N2O/c1-6-20(7-2)18(21)15(5)19-13-17-10-8-16(9-11-17)12-14(3)4/h8-11,14-15,19H,6-7,12-13H2,1-5H3. The van der Waals surface area contributed by atoms with Crippen molar-refractivity contribution in [3.63, 3.8) is 0 Å². The largest absolute Gasteiger partial charge is 0.342 e. The van der Waals surface area contributed by atoms with Gasteiger partial charge in [0.1, 0.15) is 0 Å². The van der Waals surface area contributed by atoms with Crippen LogP contribution in [-0.4, -0.2) is 29.9 Å². The van der Waals surface area contributed by atoms with Gasteiger partial charge >= 0.3 is 0 Å². The second kappa shape index (κ2) is 8.83. The SMILES string of the molecule is CCN(CC)C(=O)C(C)NCc1ccc(CC(C)C)cc1. The van der Waals surface area contributed by atoms with Crippen molar-refractivity contribution < 1.29 is 4.79 Å².